The van der Waals surface area contributed by atoms with Gasteiger partial charge >= 0.3 is 0 Å². The highest BCUT2D eigenvalue weighted by atomic mass is 35.5. The van der Waals surface area contributed by atoms with Crippen LogP contribution in [0.3, 0.4) is 0 Å². The van der Waals surface area contributed by atoms with Crippen LogP contribution in [0.2, 0.25) is 10.0 Å². The third kappa shape index (κ3) is 2.89. The monoisotopic (exact) mass is 324 g/mol. The van der Waals surface area contributed by atoms with Crippen molar-refractivity contribution in [1.29, 1.82) is 0 Å². The number of benzene rings is 1. The zero-order valence-electron chi connectivity index (χ0n) is 11.9. The topological polar surface area (TPSA) is 57.9 Å². The Morgan fingerprint density at radius 2 is 1.95 bits per heavy atom. The van der Waals surface area contributed by atoms with E-state index < -0.39 is 0 Å². The fourth-order valence-corrected chi connectivity index (χ4v) is 3.13. The van der Waals surface area contributed by atoms with E-state index in [1.165, 1.54) is 0 Å². The van der Waals surface area contributed by atoms with Crippen LogP contribution in [0.25, 0.3) is 11.3 Å². The van der Waals surface area contributed by atoms with Gasteiger partial charge in [0.05, 0.1) is 15.7 Å². The maximum absolute atomic E-state index is 6.43. The molecule has 1 aliphatic heterocycles. The second-order valence-corrected chi connectivity index (χ2v) is 6.65. The van der Waals surface area contributed by atoms with Crippen molar-refractivity contribution in [2.45, 2.75) is 25.3 Å². The molecule has 21 heavy (non-hydrogen) atoms. The van der Waals surface area contributed by atoms with Gasteiger partial charge in [-0.25, -0.2) is 0 Å². The Hall–Kier alpha value is -1.23. The number of H-pyrrole nitrogens is 1. The van der Waals surface area contributed by atoms with Gasteiger partial charge < -0.3 is 10.6 Å². The first kappa shape index (κ1) is 14.7. The number of aromatic nitrogens is 2. The molecule has 1 saturated heterocycles. The first-order valence-corrected chi connectivity index (χ1v) is 7.75. The van der Waals surface area contributed by atoms with Crippen LogP contribution in [0.4, 0.5) is 5.69 Å². The summed E-state index contributed by atoms with van der Waals surface area (Å²) in [4.78, 5) is 2.31. The lowest BCUT2D eigenvalue weighted by atomic mass is 9.90. The Balaban J connectivity index is 2.01. The molecule has 1 aromatic carbocycles. The number of hydrogen-bond donors (Lipinski definition) is 2. The number of rotatable bonds is 2. The van der Waals surface area contributed by atoms with E-state index in [9.17, 15) is 0 Å². The summed E-state index contributed by atoms with van der Waals surface area (Å²) < 4.78 is 0. The van der Waals surface area contributed by atoms with Crippen LogP contribution in [0.5, 0.6) is 0 Å². The zero-order valence-corrected chi connectivity index (χ0v) is 13.4. The normalized spacial score (nSPS) is 18.0. The number of halogens is 2. The van der Waals surface area contributed by atoms with Crippen LogP contribution in [-0.4, -0.2) is 28.8 Å². The van der Waals surface area contributed by atoms with E-state index in [0.717, 1.165) is 42.9 Å². The number of piperidine rings is 1. The zero-order chi connectivity index (χ0) is 15.0. The first-order valence-electron chi connectivity index (χ1n) is 6.99. The molecule has 6 heteroatoms. The van der Waals surface area contributed by atoms with E-state index in [1.807, 2.05) is 18.2 Å². The van der Waals surface area contributed by atoms with Crippen molar-refractivity contribution in [3.63, 3.8) is 0 Å². The molecule has 1 fully saturated rings. The highest BCUT2D eigenvalue weighted by molar-refractivity contribution is 6.44. The fraction of sp³-hybridized carbons (Fsp3) is 0.400. The molecule has 0 saturated carbocycles. The van der Waals surface area contributed by atoms with Gasteiger partial charge in [0.2, 0.25) is 0 Å². The number of aromatic amines is 1. The Bertz CT molecular complexity index is 627. The molecule has 3 N–H and O–H groups in total. The lowest BCUT2D eigenvalue weighted by Crippen LogP contribution is -2.48. The van der Waals surface area contributed by atoms with Crippen molar-refractivity contribution in [2.24, 2.45) is 5.73 Å². The second kappa shape index (κ2) is 5.52. The van der Waals surface area contributed by atoms with Gasteiger partial charge in [-0.2, -0.15) is 5.10 Å². The van der Waals surface area contributed by atoms with Gasteiger partial charge in [0.15, 0.2) is 0 Å². The molecular weight excluding hydrogens is 307 g/mol. The number of nitrogens with one attached hydrogen (secondary N) is 1. The van der Waals surface area contributed by atoms with Crippen molar-refractivity contribution in [2.75, 3.05) is 18.0 Å². The fourth-order valence-electron chi connectivity index (χ4n) is 2.71. The van der Waals surface area contributed by atoms with Crippen LogP contribution < -0.4 is 10.6 Å². The number of hydrogen-bond acceptors (Lipinski definition) is 3. The third-order valence-electron chi connectivity index (χ3n) is 4.09. The van der Waals surface area contributed by atoms with Crippen molar-refractivity contribution >= 4 is 28.9 Å². The molecule has 1 aromatic heterocycles. The predicted molar refractivity (Wildman–Crippen MR) is 88.1 cm³/mol. The number of nitrogens with two attached hydrogens (primary N) is 1. The maximum atomic E-state index is 6.43. The Morgan fingerprint density at radius 3 is 2.57 bits per heavy atom. The lowest BCUT2D eigenvalue weighted by Gasteiger charge is -2.39. The average molecular weight is 325 g/mol. The molecular formula is C15H18Cl2N4. The molecule has 0 amide bonds. The minimum Gasteiger partial charge on any atom is -0.371 e. The minimum absolute atomic E-state index is 0.0825. The van der Waals surface area contributed by atoms with Gasteiger partial charge in [-0.3, -0.25) is 5.10 Å². The maximum Gasteiger partial charge on any atom is 0.0707 e. The molecule has 1 aliphatic rings. The number of anilines is 1. The molecule has 0 aliphatic carbocycles. The van der Waals surface area contributed by atoms with Gasteiger partial charge in [-0.15, -0.1) is 0 Å². The van der Waals surface area contributed by atoms with Crippen LogP contribution in [0, 0.1) is 0 Å². The summed E-state index contributed by atoms with van der Waals surface area (Å²) >= 11 is 12.6. The molecule has 4 nitrogen and oxygen atoms in total. The molecule has 0 atom stereocenters. The standard InChI is InChI=1S/C15H18Cl2N4/c1-15(18)5-8-21(9-6-15)12-3-2-10(16)14(17)13(12)11-4-7-19-20-11/h2-4,7H,5-6,8-9,18H2,1H3,(H,19,20). The second-order valence-electron chi connectivity index (χ2n) is 5.87. The van der Waals surface area contributed by atoms with Gasteiger partial charge in [-0.05, 0) is 38.0 Å². The molecule has 0 radical (unpaired) electrons. The van der Waals surface area contributed by atoms with Gasteiger partial charge in [-0.1, -0.05) is 23.2 Å². The van der Waals surface area contributed by atoms with Gasteiger partial charge in [0.1, 0.15) is 0 Å². The summed E-state index contributed by atoms with van der Waals surface area (Å²) in [5.41, 5.74) is 8.98. The molecule has 0 bridgehead atoms. The van der Waals surface area contributed by atoms with Crippen molar-refractivity contribution < 1.29 is 0 Å². The van der Waals surface area contributed by atoms with Crippen LogP contribution in [0.1, 0.15) is 19.8 Å². The third-order valence-corrected chi connectivity index (χ3v) is 4.89. The van der Waals surface area contributed by atoms with Crippen molar-refractivity contribution in [1.82, 2.24) is 10.2 Å². The van der Waals surface area contributed by atoms with Crippen LogP contribution in [-0.2, 0) is 0 Å². The minimum atomic E-state index is -0.0825. The molecule has 0 unspecified atom stereocenters. The largest absolute Gasteiger partial charge is 0.371 e. The van der Waals surface area contributed by atoms with E-state index in [-0.39, 0.29) is 5.54 Å². The highest BCUT2D eigenvalue weighted by Gasteiger charge is 2.28. The van der Waals surface area contributed by atoms with E-state index >= 15 is 0 Å². The molecule has 2 aromatic rings. The average Bonchev–Trinajstić information content (AvgIpc) is 2.96. The lowest BCUT2D eigenvalue weighted by molar-refractivity contribution is 0.364. The smallest absolute Gasteiger partial charge is 0.0707 e. The summed E-state index contributed by atoms with van der Waals surface area (Å²) in [5.74, 6) is 0. The quantitative estimate of drug-likeness (QED) is 0.885. The Labute approximate surface area is 134 Å². The van der Waals surface area contributed by atoms with Crippen molar-refractivity contribution in [3.05, 3.63) is 34.4 Å². The SMILES string of the molecule is CC1(N)CCN(c2ccc(Cl)c(Cl)c2-c2ccn[nH]2)CC1. The summed E-state index contributed by atoms with van der Waals surface area (Å²) in [5, 5.41) is 8.09. The van der Waals surface area contributed by atoms with Gasteiger partial charge in [0, 0.05) is 36.1 Å². The molecule has 2 heterocycles. The summed E-state index contributed by atoms with van der Waals surface area (Å²) in [6.07, 6.45) is 3.62. The Morgan fingerprint density at radius 1 is 1.24 bits per heavy atom. The summed E-state index contributed by atoms with van der Waals surface area (Å²) in [6, 6.07) is 5.76. The highest BCUT2D eigenvalue weighted by Crippen LogP contribution is 2.41. The summed E-state index contributed by atoms with van der Waals surface area (Å²) in [6.45, 7) is 3.92. The van der Waals surface area contributed by atoms with E-state index in [0.29, 0.717) is 10.0 Å². The summed E-state index contributed by atoms with van der Waals surface area (Å²) in [7, 11) is 0. The molecule has 112 valence electrons. The van der Waals surface area contributed by atoms with Gasteiger partial charge in [0.25, 0.3) is 0 Å². The van der Waals surface area contributed by atoms with E-state index in [1.54, 1.807) is 6.20 Å². The Kier molecular flexibility index (Phi) is 3.86. The number of nitrogens with zero attached hydrogens (tertiary/aromatic N) is 2. The van der Waals surface area contributed by atoms with Crippen LogP contribution in [0.15, 0.2) is 24.4 Å². The van der Waals surface area contributed by atoms with Crippen LogP contribution >= 0.6 is 23.2 Å². The first-order chi connectivity index (χ1) is 9.98. The van der Waals surface area contributed by atoms with E-state index in [4.69, 9.17) is 28.9 Å². The van der Waals surface area contributed by atoms with E-state index in [2.05, 4.69) is 22.0 Å². The molecule has 3 rings (SSSR count). The predicted octanol–water partition coefficient (Wildman–Crippen LogP) is 3.70. The molecule has 0 spiro atoms. The van der Waals surface area contributed by atoms with Crippen molar-refractivity contribution in [3.8, 4) is 11.3 Å².